The number of anilines is 2. The number of aryl methyl sites for hydroxylation is 2. The van der Waals surface area contributed by atoms with Gasteiger partial charge in [0.25, 0.3) is 0 Å². The average molecular weight is 614 g/mol. The molecule has 0 spiro atoms. The van der Waals surface area contributed by atoms with Crippen LogP contribution in [-0.4, -0.2) is 53.0 Å². The number of nitrogen functional groups attached to an aromatic ring is 1. The molecule has 6 rings (SSSR count). The number of nitrogens with one attached hydrogen (secondary N) is 1. The molecule has 0 aliphatic rings. The summed E-state index contributed by atoms with van der Waals surface area (Å²) in [4.78, 5) is 15.3. The van der Waals surface area contributed by atoms with Crippen LogP contribution in [0.5, 0.6) is 23.0 Å². The summed E-state index contributed by atoms with van der Waals surface area (Å²) in [7, 11) is 6.47. The van der Waals surface area contributed by atoms with Crippen LogP contribution in [0.4, 0.5) is 11.1 Å². The van der Waals surface area contributed by atoms with Crippen LogP contribution in [0.15, 0.2) is 65.4 Å². The Bertz CT molecular complexity index is 1900. The Balaban J connectivity index is 1.34. The number of fused-ring (bicyclic) bond motifs is 1. The molecular weight excluding hydrogens is 582 g/mol. The van der Waals surface area contributed by atoms with E-state index in [-0.39, 0.29) is 0 Å². The highest BCUT2D eigenvalue weighted by molar-refractivity contribution is 7.15. The Morgan fingerprint density at radius 3 is 2.25 bits per heavy atom. The first-order valence-electron chi connectivity index (χ1n) is 13.7. The predicted octanol–water partition coefficient (Wildman–Crippen LogP) is 5.52. The van der Waals surface area contributed by atoms with E-state index >= 15 is 0 Å². The predicted molar refractivity (Wildman–Crippen MR) is 168 cm³/mol. The van der Waals surface area contributed by atoms with E-state index in [0.717, 1.165) is 28.1 Å². The van der Waals surface area contributed by atoms with E-state index in [0.29, 0.717) is 69.8 Å². The van der Waals surface area contributed by atoms with Crippen molar-refractivity contribution in [3.8, 4) is 45.8 Å². The van der Waals surface area contributed by atoms with Gasteiger partial charge in [-0.3, -0.25) is 0 Å². The molecule has 0 saturated heterocycles. The SMILES string of the molecule is COc1ccc(CCc2sc(N)nc2-c2cnc(NCc3ccc(OC)c(OC)c3)n3nc(-c4ccco4)nc23)cc1OC. The van der Waals surface area contributed by atoms with Crippen molar-refractivity contribution in [3.05, 3.63) is 77.0 Å². The zero-order chi connectivity index (χ0) is 30.6. The van der Waals surface area contributed by atoms with Gasteiger partial charge >= 0.3 is 0 Å². The number of methoxy groups -OCH3 is 4. The Morgan fingerprint density at radius 2 is 1.57 bits per heavy atom. The van der Waals surface area contributed by atoms with Crippen LogP contribution >= 0.6 is 11.3 Å². The number of aromatic nitrogens is 5. The number of furan rings is 1. The van der Waals surface area contributed by atoms with E-state index < -0.39 is 0 Å². The van der Waals surface area contributed by atoms with Gasteiger partial charge in [0, 0.05) is 17.6 Å². The van der Waals surface area contributed by atoms with Gasteiger partial charge in [0.15, 0.2) is 39.5 Å². The summed E-state index contributed by atoms with van der Waals surface area (Å²) in [6, 6.07) is 15.3. The van der Waals surface area contributed by atoms with Crippen molar-refractivity contribution in [2.24, 2.45) is 0 Å². The van der Waals surface area contributed by atoms with Crippen molar-refractivity contribution in [1.82, 2.24) is 24.6 Å². The number of hydrogen-bond acceptors (Lipinski definition) is 12. The van der Waals surface area contributed by atoms with Crippen molar-refractivity contribution in [3.63, 3.8) is 0 Å². The molecule has 0 saturated carbocycles. The molecule has 0 bridgehead atoms. The van der Waals surface area contributed by atoms with Gasteiger partial charge in [0.05, 0.1) is 46.0 Å². The lowest BCUT2D eigenvalue weighted by molar-refractivity contribution is 0.354. The molecule has 226 valence electrons. The van der Waals surface area contributed by atoms with Gasteiger partial charge in [-0.2, -0.15) is 4.52 Å². The second-order valence-electron chi connectivity index (χ2n) is 9.70. The van der Waals surface area contributed by atoms with E-state index in [1.54, 1.807) is 51.5 Å². The minimum atomic E-state index is 0.425. The molecule has 4 heterocycles. The molecule has 0 aliphatic carbocycles. The number of benzene rings is 2. The second-order valence-corrected chi connectivity index (χ2v) is 10.8. The summed E-state index contributed by atoms with van der Waals surface area (Å²) in [5.41, 5.74) is 10.3. The first kappa shape index (κ1) is 28.8. The Labute approximate surface area is 257 Å². The zero-order valence-corrected chi connectivity index (χ0v) is 25.5. The van der Waals surface area contributed by atoms with Crippen molar-refractivity contribution < 1.29 is 23.4 Å². The van der Waals surface area contributed by atoms with E-state index in [4.69, 9.17) is 49.1 Å². The van der Waals surface area contributed by atoms with Gasteiger partial charge in [0.2, 0.25) is 11.8 Å². The van der Waals surface area contributed by atoms with Gasteiger partial charge in [-0.1, -0.05) is 12.1 Å². The summed E-state index contributed by atoms with van der Waals surface area (Å²) >= 11 is 1.45. The molecule has 0 unspecified atom stereocenters. The highest BCUT2D eigenvalue weighted by atomic mass is 32.1. The van der Waals surface area contributed by atoms with Crippen LogP contribution < -0.4 is 30.0 Å². The molecule has 0 fully saturated rings. The lowest BCUT2D eigenvalue weighted by atomic mass is 10.1. The van der Waals surface area contributed by atoms with Gasteiger partial charge in [0.1, 0.15) is 0 Å². The summed E-state index contributed by atoms with van der Waals surface area (Å²) in [6.07, 6.45) is 4.78. The van der Waals surface area contributed by atoms with Gasteiger partial charge in [-0.15, -0.1) is 16.4 Å². The first-order valence-corrected chi connectivity index (χ1v) is 14.5. The van der Waals surface area contributed by atoms with Gasteiger partial charge in [-0.25, -0.2) is 15.0 Å². The highest BCUT2D eigenvalue weighted by Crippen LogP contribution is 2.35. The lowest BCUT2D eigenvalue weighted by Crippen LogP contribution is -2.08. The molecule has 13 heteroatoms. The van der Waals surface area contributed by atoms with Crippen molar-refractivity contribution in [2.75, 3.05) is 39.5 Å². The third kappa shape index (κ3) is 5.69. The van der Waals surface area contributed by atoms with E-state index in [9.17, 15) is 0 Å². The fraction of sp³-hybridized carbons (Fsp3) is 0.226. The molecule has 0 atom stereocenters. The summed E-state index contributed by atoms with van der Waals surface area (Å²) < 4.78 is 29.0. The van der Waals surface area contributed by atoms with Crippen LogP contribution in [0.25, 0.3) is 28.5 Å². The molecule has 44 heavy (non-hydrogen) atoms. The molecular formula is C31H31N7O5S. The van der Waals surface area contributed by atoms with Crippen LogP contribution in [-0.2, 0) is 19.4 Å². The summed E-state index contributed by atoms with van der Waals surface area (Å²) in [5, 5.41) is 8.58. The van der Waals surface area contributed by atoms with Crippen LogP contribution in [0.2, 0.25) is 0 Å². The quantitative estimate of drug-likeness (QED) is 0.180. The molecule has 12 nitrogen and oxygen atoms in total. The third-order valence-electron chi connectivity index (χ3n) is 7.06. The lowest BCUT2D eigenvalue weighted by Gasteiger charge is -2.12. The zero-order valence-electron chi connectivity index (χ0n) is 24.7. The van der Waals surface area contributed by atoms with E-state index in [1.165, 1.54) is 11.3 Å². The largest absolute Gasteiger partial charge is 0.493 e. The van der Waals surface area contributed by atoms with Crippen LogP contribution in [0, 0.1) is 0 Å². The topological polar surface area (TPSA) is 144 Å². The summed E-state index contributed by atoms with van der Waals surface area (Å²) in [5.74, 6) is 4.13. The monoisotopic (exact) mass is 613 g/mol. The Morgan fingerprint density at radius 1 is 0.864 bits per heavy atom. The molecule has 3 N–H and O–H groups in total. The van der Waals surface area contributed by atoms with Gasteiger partial charge in [-0.05, 0) is 60.4 Å². The minimum Gasteiger partial charge on any atom is -0.493 e. The smallest absolute Gasteiger partial charge is 0.226 e. The fourth-order valence-electron chi connectivity index (χ4n) is 4.89. The number of hydrogen-bond donors (Lipinski definition) is 2. The molecule has 0 aliphatic heterocycles. The van der Waals surface area contributed by atoms with Crippen molar-refractivity contribution in [1.29, 1.82) is 0 Å². The van der Waals surface area contributed by atoms with Crippen molar-refractivity contribution in [2.45, 2.75) is 19.4 Å². The van der Waals surface area contributed by atoms with E-state index in [2.05, 4.69) is 5.32 Å². The number of nitrogens with two attached hydrogens (primary N) is 1. The highest BCUT2D eigenvalue weighted by Gasteiger charge is 2.21. The molecule has 0 radical (unpaired) electrons. The maximum Gasteiger partial charge on any atom is 0.226 e. The van der Waals surface area contributed by atoms with Crippen LogP contribution in [0.1, 0.15) is 16.0 Å². The maximum absolute atomic E-state index is 6.24. The van der Waals surface area contributed by atoms with Crippen LogP contribution in [0.3, 0.4) is 0 Å². The number of thiazole rings is 1. The second kappa shape index (κ2) is 12.5. The van der Waals surface area contributed by atoms with Gasteiger partial charge < -0.3 is 34.4 Å². The fourth-order valence-corrected chi connectivity index (χ4v) is 5.73. The molecule has 0 amide bonds. The number of ether oxygens (including phenoxy) is 4. The maximum atomic E-state index is 6.24. The molecule has 2 aromatic carbocycles. The molecule has 6 aromatic rings. The van der Waals surface area contributed by atoms with E-state index in [1.807, 2.05) is 42.5 Å². The Hall–Kier alpha value is -5.30. The average Bonchev–Trinajstić information content (AvgIpc) is 3.82. The first-order chi connectivity index (χ1) is 21.5. The number of rotatable bonds is 12. The Kier molecular flexibility index (Phi) is 8.19. The molecule has 4 aromatic heterocycles. The standard InChI is InChI=1S/C31H31N7O5S/c1-39-21-10-7-18(14-24(21)41-3)9-12-26-27(35-30(32)44-26)20-17-34-31(33-16-19-8-11-22(40-2)25(15-19)42-4)38-29(20)36-28(37-38)23-6-5-13-43-23/h5-8,10-11,13-15,17H,9,12,16H2,1-4H3,(H2,32,35)(H,33,34). The van der Waals surface area contributed by atoms with Crippen molar-refractivity contribution >= 4 is 28.1 Å². The number of nitrogens with zero attached hydrogens (tertiary/aromatic N) is 5. The minimum absolute atomic E-state index is 0.425. The summed E-state index contributed by atoms with van der Waals surface area (Å²) in [6.45, 7) is 0.456. The normalized spacial score (nSPS) is 11.1. The third-order valence-corrected chi connectivity index (χ3v) is 8.01.